The average molecular weight is 799 g/mol. The molecule has 1 nitrogen and oxygen atoms in total. The normalized spacial score (nSPS) is 12.5. The Kier molecular flexibility index (Phi) is 9.75. The van der Waals surface area contributed by atoms with E-state index in [1.807, 2.05) is 24.3 Å². The molecule has 0 heterocycles. The summed E-state index contributed by atoms with van der Waals surface area (Å²) in [6.07, 6.45) is -4.51. The molecule has 7 rings (SSSR count). The van der Waals surface area contributed by atoms with Crippen molar-refractivity contribution in [2.75, 3.05) is 4.44 Å². The maximum absolute atomic E-state index is 9.25. The van der Waals surface area contributed by atoms with Crippen LogP contribution in [0.3, 0.4) is 0 Å². The van der Waals surface area contributed by atoms with Crippen LogP contribution in [0, 0.1) is 0 Å². The Labute approximate surface area is 312 Å². The van der Waals surface area contributed by atoms with Crippen molar-refractivity contribution in [3.63, 3.8) is 0 Å². The number of anilines is 1. The second-order valence-corrected chi connectivity index (χ2v) is 22.7. The van der Waals surface area contributed by atoms with Gasteiger partial charge in [0.2, 0.25) is 0 Å². The molecule has 0 unspecified atom stereocenters. The average Bonchev–Trinajstić information content (AvgIpc) is 3.17. The molecule has 0 aromatic heterocycles. The van der Waals surface area contributed by atoms with Crippen molar-refractivity contribution in [3.8, 4) is 0 Å². The van der Waals surface area contributed by atoms with Crippen LogP contribution in [0.1, 0.15) is 0 Å². The SMILES string of the molecule is Clc1cccc(P(Cl)(c2ccccc2)(c2ccccc2)N(c2ccc(Br)cc2)[P+](c2ccccc2)(c2ccccc2)c2ccccc2)c1Cl. The standard InChI is InChI=1S/C42H32BrCl3NP2/c43-33-29-31-34(32-30-33)47(48(35-17-6-1-7-18-35,36-19-8-2-9-20-36)37-21-10-3-11-22-37)49(46,38-23-12-4-13-24-38,39-25-14-5-15-26-39)41-28-16-27-40(44)42(41)45/h1-32H/q+1. The van der Waals surface area contributed by atoms with Crippen LogP contribution in [0.25, 0.3) is 0 Å². The fourth-order valence-corrected chi connectivity index (χ4v) is 22.4. The van der Waals surface area contributed by atoms with Crippen LogP contribution in [0.4, 0.5) is 5.69 Å². The zero-order chi connectivity index (χ0) is 33.9. The van der Waals surface area contributed by atoms with E-state index in [4.69, 9.17) is 23.2 Å². The van der Waals surface area contributed by atoms with Crippen molar-refractivity contribution in [1.82, 2.24) is 0 Å². The Bertz CT molecular complexity index is 2040. The number of nitrogens with zero attached hydrogens (tertiary/aromatic N) is 1. The number of hydrogen-bond acceptors (Lipinski definition) is 1. The van der Waals surface area contributed by atoms with Gasteiger partial charge in [-0.05, 0) is 0 Å². The molecule has 0 saturated carbocycles. The van der Waals surface area contributed by atoms with Gasteiger partial charge < -0.3 is 0 Å². The second kappa shape index (κ2) is 14.0. The zero-order valence-corrected chi connectivity index (χ0v) is 32.0. The molecular formula is C42H32BrCl3NP2+. The van der Waals surface area contributed by atoms with Gasteiger partial charge in [-0.25, -0.2) is 0 Å². The van der Waals surface area contributed by atoms with Gasteiger partial charge in [-0.2, -0.15) is 0 Å². The van der Waals surface area contributed by atoms with Crippen LogP contribution >= 0.6 is 63.9 Å². The summed E-state index contributed by atoms with van der Waals surface area (Å²) in [6.45, 7) is 0. The second-order valence-electron chi connectivity index (χ2n) is 11.6. The molecule has 0 aliphatic heterocycles. The molecule has 242 valence electrons. The van der Waals surface area contributed by atoms with Gasteiger partial charge in [-0.15, -0.1) is 0 Å². The van der Waals surface area contributed by atoms with E-state index in [1.54, 1.807) is 0 Å². The molecule has 49 heavy (non-hydrogen) atoms. The summed E-state index contributed by atoms with van der Waals surface area (Å²) >= 11 is 27.5. The molecule has 7 aromatic rings. The third-order valence-corrected chi connectivity index (χ3v) is 23.4. The van der Waals surface area contributed by atoms with Gasteiger partial charge in [0.05, 0.1) is 0 Å². The predicted octanol–water partition coefficient (Wildman–Crippen LogP) is 11.1. The molecule has 0 fully saturated rings. The van der Waals surface area contributed by atoms with Gasteiger partial charge in [-0.1, -0.05) is 0 Å². The first-order valence-electron chi connectivity index (χ1n) is 15.8. The van der Waals surface area contributed by atoms with E-state index in [-0.39, 0.29) is 0 Å². The third-order valence-electron chi connectivity index (χ3n) is 8.91. The van der Waals surface area contributed by atoms with Gasteiger partial charge >= 0.3 is 314 Å². The molecule has 0 aliphatic rings. The minimum absolute atomic E-state index is 0.430. The first-order chi connectivity index (χ1) is 23.9. The van der Waals surface area contributed by atoms with E-state index < -0.39 is 13.5 Å². The van der Waals surface area contributed by atoms with E-state index in [2.05, 4.69) is 190 Å². The van der Waals surface area contributed by atoms with Crippen LogP contribution in [-0.2, 0) is 0 Å². The van der Waals surface area contributed by atoms with E-state index in [0.717, 1.165) is 42.0 Å². The minimum atomic E-state index is -4.51. The van der Waals surface area contributed by atoms with Crippen molar-refractivity contribution in [2.24, 2.45) is 0 Å². The van der Waals surface area contributed by atoms with Gasteiger partial charge in [-0.3, -0.25) is 0 Å². The molecule has 7 aromatic carbocycles. The molecule has 0 radical (unpaired) electrons. The number of benzene rings is 7. The Morgan fingerprint density at radius 1 is 0.449 bits per heavy atom. The predicted molar refractivity (Wildman–Crippen MR) is 223 cm³/mol. The summed E-state index contributed by atoms with van der Waals surface area (Å²) in [5.41, 5.74) is 0.949. The summed E-state index contributed by atoms with van der Waals surface area (Å²) < 4.78 is 3.56. The Morgan fingerprint density at radius 2 is 0.837 bits per heavy atom. The monoisotopic (exact) mass is 796 g/mol. The third kappa shape index (κ3) is 5.55. The van der Waals surface area contributed by atoms with Gasteiger partial charge in [0.15, 0.2) is 0 Å². The first-order valence-corrected chi connectivity index (χ1v) is 22.2. The van der Waals surface area contributed by atoms with Crippen LogP contribution in [0.5, 0.6) is 0 Å². The fourth-order valence-electron chi connectivity index (χ4n) is 6.88. The van der Waals surface area contributed by atoms with E-state index in [0.29, 0.717) is 10.0 Å². The molecule has 0 spiro atoms. The van der Waals surface area contributed by atoms with Gasteiger partial charge in [0.1, 0.15) is 0 Å². The summed E-state index contributed by atoms with van der Waals surface area (Å²) in [5, 5.41) is 6.98. The quantitative estimate of drug-likeness (QED) is 0.132. The molecule has 7 heteroatoms. The van der Waals surface area contributed by atoms with Crippen LogP contribution in [0.2, 0.25) is 10.0 Å². The Morgan fingerprint density at radius 3 is 1.24 bits per heavy atom. The summed E-state index contributed by atoms with van der Waals surface area (Å²) in [7, 11) is -2.98. The molecule has 0 atom stereocenters. The maximum atomic E-state index is 9.25. The van der Waals surface area contributed by atoms with Gasteiger partial charge in [0.25, 0.3) is 0 Å². The van der Waals surface area contributed by atoms with Crippen molar-refractivity contribution in [2.45, 2.75) is 0 Å². The molecule has 0 amide bonds. The van der Waals surface area contributed by atoms with Crippen molar-refractivity contribution < 1.29 is 0 Å². The summed E-state index contributed by atoms with van der Waals surface area (Å²) in [6, 6.07) is 67.7. The zero-order valence-electron chi connectivity index (χ0n) is 26.3. The topological polar surface area (TPSA) is 3.24 Å². The molecule has 0 N–H and O–H groups in total. The Hall–Kier alpha value is -3.45. The fraction of sp³-hybridized carbons (Fsp3) is 0. The van der Waals surface area contributed by atoms with Crippen LogP contribution in [-0.4, -0.2) is 0 Å². The number of halogens is 4. The molecule has 0 saturated heterocycles. The molecule has 0 bridgehead atoms. The van der Waals surface area contributed by atoms with Crippen molar-refractivity contribution >= 4 is 101 Å². The van der Waals surface area contributed by atoms with Crippen LogP contribution in [0.15, 0.2) is 199 Å². The summed E-state index contributed by atoms with van der Waals surface area (Å²) in [4.78, 5) is 0. The molecular weight excluding hydrogens is 767 g/mol. The number of hydrogen-bond donors (Lipinski definition) is 0. The summed E-state index contributed by atoms with van der Waals surface area (Å²) in [5.74, 6) is 0. The van der Waals surface area contributed by atoms with Gasteiger partial charge in [0, 0.05) is 0 Å². The van der Waals surface area contributed by atoms with Crippen LogP contribution < -0.4 is 36.3 Å². The van der Waals surface area contributed by atoms with Crippen molar-refractivity contribution in [3.05, 3.63) is 209 Å². The Balaban J connectivity index is 1.85. The first kappa shape index (κ1) is 34.0. The van der Waals surface area contributed by atoms with E-state index in [1.165, 1.54) is 0 Å². The number of rotatable bonds is 9. The van der Waals surface area contributed by atoms with E-state index in [9.17, 15) is 11.2 Å². The van der Waals surface area contributed by atoms with E-state index >= 15 is 0 Å². The molecule has 0 aliphatic carbocycles. The van der Waals surface area contributed by atoms with Crippen molar-refractivity contribution in [1.29, 1.82) is 0 Å².